The fraction of sp³-hybridized carbons (Fsp3) is 0.818. The van der Waals surface area contributed by atoms with Crippen molar-refractivity contribution in [3.05, 3.63) is 0 Å². The molecule has 0 spiro atoms. The van der Waals surface area contributed by atoms with Crippen molar-refractivity contribution in [3.63, 3.8) is 0 Å². The molecule has 8 heteroatoms. The van der Waals surface area contributed by atoms with E-state index in [1.54, 1.807) is 6.92 Å². The Morgan fingerprint density at radius 2 is 2.26 bits per heavy atom. The van der Waals surface area contributed by atoms with Gasteiger partial charge in [0.2, 0.25) is 5.54 Å². The van der Waals surface area contributed by atoms with E-state index in [1.165, 1.54) is 6.92 Å². The van der Waals surface area contributed by atoms with Crippen molar-refractivity contribution in [1.82, 2.24) is 5.23 Å². The van der Waals surface area contributed by atoms with E-state index in [4.69, 9.17) is 24.3 Å². The summed E-state index contributed by atoms with van der Waals surface area (Å²) in [5.74, 6) is -1.11. The quantitative estimate of drug-likeness (QED) is 0.664. The van der Waals surface area contributed by atoms with Gasteiger partial charge in [-0.05, 0) is 12.2 Å². The average molecular weight is 275 g/mol. The molecule has 2 aliphatic heterocycles. The van der Waals surface area contributed by atoms with Crippen molar-refractivity contribution < 1.29 is 33.8 Å². The number of nitrogens with zero attached hydrogens (tertiary/aromatic N) is 1. The van der Waals surface area contributed by atoms with E-state index >= 15 is 0 Å². The van der Waals surface area contributed by atoms with Gasteiger partial charge in [-0.1, -0.05) is 0 Å². The molecule has 3 atom stereocenters. The number of esters is 2. The molecule has 0 amide bonds. The Morgan fingerprint density at radius 1 is 1.53 bits per heavy atom. The van der Waals surface area contributed by atoms with Crippen LogP contribution in [0.1, 0.15) is 20.3 Å². The highest BCUT2D eigenvalue weighted by Gasteiger charge is 2.65. The van der Waals surface area contributed by atoms with Crippen LogP contribution in [0.3, 0.4) is 0 Å². The molecule has 2 fully saturated rings. The maximum atomic E-state index is 12.2. The van der Waals surface area contributed by atoms with Crippen LogP contribution in [0.5, 0.6) is 0 Å². The Balaban J connectivity index is 2.26. The molecule has 0 aromatic carbocycles. The number of rotatable bonds is 4. The molecule has 2 aliphatic rings. The fourth-order valence-electron chi connectivity index (χ4n) is 2.33. The van der Waals surface area contributed by atoms with E-state index in [2.05, 4.69) is 0 Å². The van der Waals surface area contributed by atoms with Gasteiger partial charge < -0.3 is 14.6 Å². The summed E-state index contributed by atoms with van der Waals surface area (Å²) >= 11 is 0. The molecule has 8 nitrogen and oxygen atoms in total. The van der Waals surface area contributed by atoms with Crippen LogP contribution in [0.15, 0.2) is 0 Å². The SMILES string of the molecule is CCOC(=O)C12CC(CO)ON1OCC2OC(C)=O. The highest BCUT2D eigenvalue weighted by atomic mass is 17.0. The Hall–Kier alpha value is -1.22. The first-order valence-corrected chi connectivity index (χ1v) is 6.09. The number of ether oxygens (including phenoxy) is 2. The Morgan fingerprint density at radius 3 is 2.84 bits per heavy atom. The number of aliphatic hydroxyl groups is 1. The lowest BCUT2D eigenvalue weighted by molar-refractivity contribution is -0.357. The molecular weight excluding hydrogens is 258 g/mol. The van der Waals surface area contributed by atoms with Gasteiger partial charge in [0.25, 0.3) is 0 Å². The first kappa shape index (κ1) is 14.2. The summed E-state index contributed by atoms with van der Waals surface area (Å²) < 4.78 is 10.1. The van der Waals surface area contributed by atoms with Gasteiger partial charge in [0.05, 0.1) is 13.2 Å². The third-order valence-electron chi connectivity index (χ3n) is 3.13. The number of hydrogen-bond donors (Lipinski definition) is 1. The van der Waals surface area contributed by atoms with Crippen molar-refractivity contribution >= 4 is 11.9 Å². The normalized spacial score (nSPS) is 34.1. The van der Waals surface area contributed by atoms with Gasteiger partial charge in [-0.3, -0.25) is 14.5 Å². The number of hydrogen-bond acceptors (Lipinski definition) is 8. The molecule has 19 heavy (non-hydrogen) atoms. The monoisotopic (exact) mass is 275 g/mol. The lowest BCUT2D eigenvalue weighted by Crippen LogP contribution is -2.55. The molecule has 0 radical (unpaired) electrons. The van der Waals surface area contributed by atoms with E-state index in [9.17, 15) is 9.59 Å². The van der Waals surface area contributed by atoms with E-state index in [1.807, 2.05) is 0 Å². The van der Waals surface area contributed by atoms with Gasteiger partial charge >= 0.3 is 11.9 Å². The third kappa shape index (κ3) is 2.32. The van der Waals surface area contributed by atoms with Gasteiger partial charge in [0.15, 0.2) is 6.10 Å². The zero-order valence-corrected chi connectivity index (χ0v) is 10.8. The first-order valence-electron chi connectivity index (χ1n) is 6.09. The van der Waals surface area contributed by atoms with Crippen LogP contribution in [-0.2, 0) is 28.7 Å². The summed E-state index contributed by atoms with van der Waals surface area (Å²) in [7, 11) is 0. The minimum Gasteiger partial charge on any atom is -0.464 e. The number of aliphatic hydroxyl groups excluding tert-OH is 1. The van der Waals surface area contributed by atoms with Crippen LogP contribution >= 0.6 is 0 Å². The Labute approximate surface area is 110 Å². The predicted molar refractivity (Wildman–Crippen MR) is 59.3 cm³/mol. The number of hydroxylamine groups is 2. The van der Waals surface area contributed by atoms with Gasteiger partial charge in [0.1, 0.15) is 12.7 Å². The van der Waals surface area contributed by atoms with Crippen molar-refractivity contribution in [3.8, 4) is 0 Å². The van der Waals surface area contributed by atoms with Crippen LogP contribution in [0.25, 0.3) is 0 Å². The van der Waals surface area contributed by atoms with Gasteiger partial charge in [-0.25, -0.2) is 4.79 Å². The second-order valence-corrected chi connectivity index (χ2v) is 4.41. The lowest BCUT2D eigenvalue weighted by atomic mass is 9.89. The highest BCUT2D eigenvalue weighted by molar-refractivity contribution is 5.83. The topological polar surface area (TPSA) is 94.5 Å². The second-order valence-electron chi connectivity index (χ2n) is 4.41. The first-order chi connectivity index (χ1) is 9.04. The van der Waals surface area contributed by atoms with Crippen LogP contribution in [-0.4, -0.2) is 59.8 Å². The van der Waals surface area contributed by atoms with Crippen LogP contribution < -0.4 is 0 Å². The minimum atomic E-state index is -1.34. The molecule has 3 unspecified atom stereocenters. The lowest BCUT2D eigenvalue weighted by Gasteiger charge is -2.28. The molecule has 2 rings (SSSR count). The summed E-state index contributed by atoms with van der Waals surface area (Å²) in [6.45, 7) is 2.85. The zero-order chi connectivity index (χ0) is 14.0. The highest BCUT2D eigenvalue weighted by Crippen LogP contribution is 2.42. The van der Waals surface area contributed by atoms with Gasteiger partial charge in [-0.2, -0.15) is 0 Å². The van der Waals surface area contributed by atoms with Crippen LogP contribution in [0.4, 0.5) is 0 Å². The predicted octanol–water partition coefficient (Wildman–Crippen LogP) is -0.837. The van der Waals surface area contributed by atoms with E-state index in [0.717, 1.165) is 5.23 Å². The van der Waals surface area contributed by atoms with E-state index in [0.29, 0.717) is 0 Å². The molecule has 2 saturated heterocycles. The summed E-state index contributed by atoms with van der Waals surface area (Å²) in [6, 6.07) is 0. The smallest absolute Gasteiger partial charge is 0.335 e. The Bertz CT molecular complexity index is 374. The molecule has 1 N–H and O–H groups in total. The van der Waals surface area contributed by atoms with Crippen molar-refractivity contribution in [1.29, 1.82) is 0 Å². The Kier molecular flexibility index (Phi) is 4.04. The van der Waals surface area contributed by atoms with Gasteiger partial charge in [0, 0.05) is 13.3 Å². The standard InChI is InChI=1S/C11H17NO7/c1-3-16-10(15)11-4-8(5-13)19-12(11)17-6-9(11)18-7(2)14/h8-9,13H,3-6H2,1-2H3. The molecule has 0 saturated carbocycles. The van der Waals surface area contributed by atoms with E-state index < -0.39 is 29.7 Å². The maximum absolute atomic E-state index is 12.2. The maximum Gasteiger partial charge on any atom is 0.335 e. The molecule has 0 aliphatic carbocycles. The third-order valence-corrected chi connectivity index (χ3v) is 3.13. The molecule has 0 aromatic heterocycles. The summed E-state index contributed by atoms with van der Waals surface area (Å²) in [5.41, 5.74) is -1.34. The fourth-order valence-corrected chi connectivity index (χ4v) is 2.33. The van der Waals surface area contributed by atoms with E-state index in [-0.39, 0.29) is 26.2 Å². The second kappa shape index (κ2) is 5.41. The molecular formula is C11H17NO7. The van der Waals surface area contributed by atoms with Crippen molar-refractivity contribution in [2.24, 2.45) is 0 Å². The summed E-state index contributed by atoms with van der Waals surface area (Å²) in [5, 5.41) is 10.1. The van der Waals surface area contributed by atoms with Crippen LogP contribution in [0.2, 0.25) is 0 Å². The summed E-state index contributed by atoms with van der Waals surface area (Å²) in [4.78, 5) is 33.8. The largest absolute Gasteiger partial charge is 0.464 e. The molecule has 2 heterocycles. The number of carbonyl (C=O) groups excluding carboxylic acids is 2. The average Bonchev–Trinajstić information content (AvgIpc) is 2.87. The van der Waals surface area contributed by atoms with Crippen molar-refractivity contribution in [2.75, 3.05) is 19.8 Å². The number of fused-ring (bicyclic) bond motifs is 1. The number of carbonyl (C=O) groups is 2. The molecule has 0 aromatic rings. The minimum absolute atomic E-state index is 0.0105. The van der Waals surface area contributed by atoms with Crippen LogP contribution in [0, 0.1) is 0 Å². The molecule has 0 bridgehead atoms. The molecule has 108 valence electrons. The zero-order valence-electron chi connectivity index (χ0n) is 10.8. The van der Waals surface area contributed by atoms with Gasteiger partial charge in [-0.15, -0.1) is 0 Å². The summed E-state index contributed by atoms with van der Waals surface area (Å²) in [6.07, 6.45) is -1.27. The van der Waals surface area contributed by atoms with Crippen molar-refractivity contribution in [2.45, 2.75) is 38.0 Å².